The van der Waals surface area contributed by atoms with Crippen molar-refractivity contribution >= 4 is 10.1 Å². The molecule has 0 amide bonds. The van der Waals surface area contributed by atoms with Crippen LogP contribution in [0.2, 0.25) is 0 Å². The molecule has 0 radical (unpaired) electrons. The molecule has 0 aromatic carbocycles. The number of hydrogen-bond donors (Lipinski definition) is 1. The average Bonchev–Trinajstić information content (AvgIpc) is 2.33. The molecule has 0 aliphatic heterocycles. The van der Waals surface area contributed by atoms with Crippen LogP contribution in [-0.4, -0.2) is 18.2 Å². The largest absolute Gasteiger partial charge is 0.285 e. The van der Waals surface area contributed by atoms with Gasteiger partial charge in [0.2, 0.25) is 0 Å². The Morgan fingerprint density at radius 3 is 2.00 bits per heavy atom. The molecule has 0 fully saturated rings. The van der Waals surface area contributed by atoms with Crippen molar-refractivity contribution in [2.24, 2.45) is 17.8 Å². The van der Waals surface area contributed by atoms with Crippen LogP contribution >= 0.6 is 0 Å². The van der Waals surface area contributed by atoms with E-state index in [0.717, 1.165) is 0 Å². The van der Waals surface area contributed by atoms with Crippen LogP contribution in [0.15, 0.2) is 0 Å². The Morgan fingerprint density at radius 2 is 1.58 bits per heavy atom. The van der Waals surface area contributed by atoms with Crippen molar-refractivity contribution in [2.75, 3.05) is 0 Å². The van der Waals surface area contributed by atoms with E-state index in [1.807, 2.05) is 6.92 Å². The Morgan fingerprint density at radius 1 is 1.00 bits per heavy atom. The molecule has 4 atom stereocenters. The maximum atomic E-state index is 11.3. The molecule has 4 heteroatoms. The van der Waals surface area contributed by atoms with E-state index < -0.39 is 15.4 Å². The minimum atomic E-state index is -3.89. The van der Waals surface area contributed by atoms with Gasteiger partial charge < -0.3 is 0 Å². The van der Waals surface area contributed by atoms with Crippen molar-refractivity contribution < 1.29 is 13.0 Å². The van der Waals surface area contributed by atoms with Crippen molar-refractivity contribution in [3.8, 4) is 0 Å². The van der Waals surface area contributed by atoms with Crippen molar-refractivity contribution in [1.82, 2.24) is 0 Å². The lowest BCUT2D eigenvalue weighted by atomic mass is 9.80. The van der Waals surface area contributed by atoms with Gasteiger partial charge >= 0.3 is 0 Å². The summed E-state index contributed by atoms with van der Waals surface area (Å²) < 4.78 is 31.7. The summed E-state index contributed by atoms with van der Waals surface area (Å²) in [6.07, 6.45) is 6.02. The molecule has 0 heterocycles. The van der Waals surface area contributed by atoms with Gasteiger partial charge in [-0.1, -0.05) is 60.3 Å². The summed E-state index contributed by atoms with van der Waals surface area (Å²) in [4.78, 5) is 0. The molecule has 19 heavy (non-hydrogen) atoms. The summed E-state index contributed by atoms with van der Waals surface area (Å²) in [6, 6.07) is 0. The van der Waals surface area contributed by atoms with Gasteiger partial charge in [0.1, 0.15) is 0 Å². The molecule has 0 aliphatic rings. The average molecular weight is 292 g/mol. The minimum absolute atomic E-state index is 0.323. The zero-order chi connectivity index (χ0) is 15.1. The summed E-state index contributed by atoms with van der Waals surface area (Å²) in [7, 11) is -3.89. The molecule has 0 aliphatic carbocycles. The third-order valence-electron chi connectivity index (χ3n) is 4.57. The zero-order valence-electron chi connectivity index (χ0n) is 13.2. The Balaban J connectivity index is 4.35. The fourth-order valence-electron chi connectivity index (χ4n) is 2.67. The molecular formula is C15H32O3S. The highest BCUT2D eigenvalue weighted by Crippen LogP contribution is 2.29. The van der Waals surface area contributed by atoms with Crippen LogP contribution in [0.1, 0.15) is 73.1 Å². The molecule has 116 valence electrons. The smallest absolute Gasteiger partial charge is 0.267 e. The molecule has 0 aromatic rings. The summed E-state index contributed by atoms with van der Waals surface area (Å²) in [6.45, 7) is 10.6. The lowest BCUT2D eigenvalue weighted by Gasteiger charge is -2.28. The minimum Gasteiger partial charge on any atom is -0.285 e. The lowest BCUT2D eigenvalue weighted by Crippen LogP contribution is -2.26. The summed E-state index contributed by atoms with van der Waals surface area (Å²) >= 11 is 0. The maximum Gasteiger partial charge on any atom is 0.267 e. The monoisotopic (exact) mass is 292 g/mol. The van der Waals surface area contributed by atoms with Crippen LogP contribution < -0.4 is 0 Å². The molecule has 3 nitrogen and oxygen atoms in total. The molecule has 0 aromatic heterocycles. The van der Waals surface area contributed by atoms with Gasteiger partial charge in [-0.25, -0.2) is 0 Å². The SMILES string of the molecule is CCCCCC(C)C(C)C(C)CC(CC)S(=O)(=O)O. The Hall–Kier alpha value is -0.0900. The van der Waals surface area contributed by atoms with E-state index >= 15 is 0 Å². The summed E-state index contributed by atoms with van der Waals surface area (Å²) in [5, 5.41) is -0.604. The van der Waals surface area contributed by atoms with Crippen LogP contribution in [0.4, 0.5) is 0 Å². The quantitative estimate of drug-likeness (QED) is 0.475. The van der Waals surface area contributed by atoms with E-state index in [1.165, 1.54) is 25.7 Å². The number of hydrogen-bond acceptors (Lipinski definition) is 2. The van der Waals surface area contributed by atoms with Gasteiger partial charge in [-0.2, -0.15) is 8.42 Å². The van der Waals surface area contributed by atoms with Gasteiger partial charge in [0.15, 0.2) is 0 Å². The third-order valence-corrected chi connectivity index (χ3v) is 5.94. The van der Waals surface area contributed by atoms with Gasteiger partial charge in [-0.05, 0) is 30.6 Å². The second-order valence-corrected chi connectivity index (χ2v) is 7.79. The first-order valence-electron chi connectivity index (χ1n) is 7.70. The van der Waals surface area contributed by atoms with Crippen LogP contribution in [0, 0.1) is 17.8 Å². The zero-order valence-corrected chi connectivity index (χ0v) is 14.0. The first kappa shape index (κ1) is 18.9. The van der Waals surface area contributed by atoms with E-state index in [9.17, 15) is 13.0 Å². The molecule has 0 saturated carbocycles. The Kier molecular flexibility index (Phi) is 8.92. The molecular weight excluding hydrogens is 260 g/mol. The fraction of sp³-hybridized carbons (Fsp3) is 1.00. The molecule has 0 saturated heterocycles. The van der Waals surface area contributed by atoms with Crippen molar-refractivity contribution in [3.05, 3.63) is 0 Å². The van der Waals surface area contributed by atoms with Gasteiger partial charge in [-0.3, -0.25) is 4.55 Å². The van der Waals surface area contributed by atoms with Crippen molar-refractivity contribution in [3.63, 3.8) is 0 Å². The van der Waals surface area contributed by atoms with Crippen molar-refractivity contribution in [2.45, 2.75) is 78.4 Å². The van der Waals surface area contributed by atoms with Gasteiger partial charge in [0, 0.05) is 0 Å². The molecule has 1 N–H and O–H groups in total. The number of unbranched alkanes of at least 4 members (excludes halogenated alkanes) is 2. The van der Waals surface area contributed by atoms with E-state index in [1.54, 1.807) is 0 Å². The first-order valence-corrected chi connectivity index (χ1v) is 9.20. The summed E-state index contributed by atoms with van der Waals surface area (Å²) in [5.74, 6) is 1.43. The lowest BCUT2D eigenvalue weighted by molar-refractivity contribution is 0.244. The summed E-state index contributed by atoms with van der Waals surface area (Å²) in [5.41, 5.74) is 0. The second kappa shape index (κ2) is 8.96. The highest BCUT2D eigenvalue weighted by molar-refractivity contribution is 7.86. The number of rotatable bonds is 10. The predicted molar refractivity (Wildman–Crippen MR) is 81.9 cm³/mol. The van der Waals surface area contributed by atoms with Crippen LogP contribution in [-0.2, 0) is 10.1 Å². The van der Waals surface area contributed by atoms with Gasteiger partial charge in [0.05, 0.1) is 5.25 Å². The van der Waals surface area contributed by atoms with E-state index in [4.69, 9.17) is 0 Å². The van der Waals surface area contributed by atoms with Crippen LogP contribution in [0.3, 0.4) is 0 Å². The maximum absolute atomic E-state index is 11.3. The highest BCUT2D eigenvalue weighted by atomic mass is 32.2. The topological polar surface area (TPSA) is 54.4 Å². The van der Waals surface area contributed by atoms with Crippen LogP contribution in [0.5, 0.6) is 0 Å². The third kappa shape index (κ3) is 7.31. The second-order valence-electron chi connectivity index (χ2n) is 6.09. The fourth-order valence-corrected chi connectivity index (χ4v) is 3.64. The molecule has 0 rings (SSSR count). The highest BCUT2D eigenvalue weighted by Gasteiger charge is 2.27. The molecule has 0 spiro atoms. The normalized spacial score (nSPS) is 18.8. The van der Waals surface area contributed by atoms with Gasteiger partial charge in [0.25, 0.3) is 10.1 Å². The molecule has 0 bridgehead atoms. The van der Waals surface area contributed by atoms with Crippen molar-refractivity contribution in [1.29, 1.82) is 0 Å². The van der Waals surface area contributed by atoms with Crippen LogP contribution in [0.25, 0.3) is 0 Å². The predicted octanol–water partition coefficient (Wildman–Crippen LogP) is 4.53. The standard InChI is InChI=1S/C15H32O3S/c1-6-8-9-10-12(3)14(5)13(4)11-15(7-2)19(16,17)18/h12-15H,6-11H2,1-5H3,(H,16,17,18). The van der Waals surface area contributed by atoms with Gasteiger partial charge in [-0.15, -0.1) is 0 Å². The Bertz CT molecular complexity index is 324. The van der Waals surface area contributed by atoms with E-state index in [2.05, 4.69) is 27.7 Å². The molecule has 4 unspecified atom stereocenters. The first-order chi connectivity index (χ1) is 8.73. The van der Waals surface area contributed by atoms with E-state index in [0.29, 0.717) is 30.6 Å². The Labute approximate surface area is 119 Å². The van der Waals surface area contributed by atoms with E-state index in [-0.39, 0.29) is 0 Å².